The quantitative estimate of drug-likeness (QED) is 0.517. The summed E-state index contributed by atoms with van der Waals surface area (Å²) in [6.07, 6.45) is 3.27. The predicted molar refractivity (Wildman–Crippen MR) is 79.3 cm³/mol. The van der Waals surface area contributed by atoms with Crippen LogP contribution >= 0.6 is 11.8 Å². The minimum absolute atomic E-state index is 0.0770. The zero-order chi connectivity index (χ0) is 14.5. The van der Waals surface area contributed by atoms with Crippen molar-refractivity contribution in [3.05, 3.63) is 66.4 Å². The molecule has 0 saturated heterocycles. The maximum Gasteiger partial charge on any atom is 0.191 e. The molecule has 0 atom stereocenters. The van der Waals surface area contributed by atoms with Crippen LogP contribution in [0, 0.1) is 0 Å². The summed E-state index contributed by atoms with van der Waals surface area (Å²) in [5, 5.41) is 8.64. The molecule has 0 amide bonds. The SMILES string of the molecule is O=C(CSc1nncn1Cc1ccco1)c1ccccc1. The second-order valence-electron chi connectivity index (χ2n) is 4.40. The number of furan rings is 1. The van der Waals surface area contributed by atoms with E-state index in [-0.39, 0.29) is 5.78 Å². The Kier molecular flexibility index (Phi) is 4.16. The maximum atomic E-state index is 12.1. The first-order valence-corrected chi connectivity index (χ1v) is 7.43. The topological polar surface area (TPSA) is 60.9 Å². The summed E-state index contributed by atoms with van der Waals surface area (Å²) in [6, 6.07) is 13.0. The molecule has 0 unspecified atom stereocenters. The highest BCUT2D eigenvalue weighted by atomic mass is 32.2. The number of rotatable bonds is 6. The van der Waals surface area contributed by atoms with Crippen LogP contribution in [-0.4, -0.2) is 26.3 Å². The third-order valence-electron chi connectivity index (χ3n) is 2.91. The Balaban J connectivity index is 1.64. The third kappa shape index (κ3) is 3.41. The summed E-state index contributed by atoms with van der Waals surface area (Å²) in [5.74, 6) is 1.24. The van der Waals surface area contributed by atoms with Crippen molar-refractivity contribution in [2.45, 2.75) is 11.7 Å². The Hall–Kier alpha value is -2.34. The number of benzene rings is 1. The fraction of sp³-hybridized carbons (Fsp3) is 0.133. The lowest BCUT2D eigenvalue weighted by Gasteiger charge is -2.04. The average Bonchev–Trinajstić information content (AvgIpc) is 3.18. The van der Waals surface area contributed by atoms with E-state index in [2.05, 4.69) is 10.2 Å². The highest BCUT2D eigenvalue weighted by Crippen LogP contribution is 2.18. The molecule has 3 rings (SSSR count). The summed E-state index contributed by atoms with van der Waals surface area (Å²) in [6.45, 7) is 0.557. The largest absolute Gasteiger partial charge is 0.467 e. The average molecular weight is 299 g/mol. The van der Waals surface area contributed by atoms with Crippen LogP contribution < -0.4 is 0 Å². The molecule has 1 aromatic carbocycles. The Bertz CT molecular complexity index is 708. The van der Waals surface area contributed by atoms with E-state index in [4.69, 9.17) is 4.42 Å². The molecule has 2 aromatic heterocycles. The minimum Gasteiger partial charge on any atom is -0.467 e. The van der Waals surface area contributed by atoms with Gasteiger partial charge in [0.25, 0.3) is 0 Å². The molecule has 0 N–H and O–H groups in total. The van der Waals surface area contributed by atoms with Gasteiger partial charge in [0.15, 0.2) is 10.9 Å². The van der Waals surface area contributed by atoms with Gasteiger partial charge < -0.3 is 8.98 Å². The van der Waals surface area contributed by atoms with Crippen molar-refractivity contribution < 1.29 is 9.21 Å². The molecule has 0 bridgehead atoms. The smallest absolute Gasteiger partial charge is 0.191 e. The zero-order valence-corrected chi connectivity index (χ0v) is 12.0. The van der Waals surface area contributed by atoms with E-state index in [0.29, 0.717) is 23.0 Å². The molecule has 0 radical (unpaired) electrons. The van der Waals surface area contributed by atoms with Crippen LogP contribution in [0.3, 0.4) is 0 Å². The van der Waals surface area contributed by atoms with Gasteiger partial charge in [-0.3, -0.25) is 4.79 Å². The molecular weight excluding hydrogens is 286 g/mol. The van der Waals surface area contributed by atoms with Crippen LogP contribution in [0.5, 0.6) is 0 Å². The van der Waals surface area contributed by atoms with Crippen molar-refractivity contribution in [2.24, 2.45) is 0 Å². The Morgan fingerprint density at radius 1 is 1.19 bits per heavy atom. The van der Waals surface area contributed by atoms with E-state index >= 15 is 0 Å². The molecule has 0 aliphatic heterocycles. The van der Waals surface area contributed by atoms with Gasteiger partial charge in [-0.25, -0.2) is 0 Å². The summed E-state index contributed by atoms with van der Waals surface area (Å²) in [4.78, 5) is 12.1. The number of carbonyl (C=O) groups is 1. The van der Waals surface area contributed by atoms with Crippen LogP contribution in [0.2, 0.25) is 0 Å². The van der Waals surface area contributed by atoms with E-state index in [1.54, 1.807) is 12.6 Å². The molecule has 2 heterocycles. The first-order chi connectivity index (χ1) is 10.3. The number of carbonyl (C=O) groups excluding carboxylic acids is 1. The minimum atomic E-state index is 0.0770. The van der Waals surface area contributed by atoms with Gasteiger partial charge in [-0.2, -0.15) is 0 Å². The first-order valence-electron chi connectivity index (χ1n) is 6.44. The van der Waals surface area contributed by atoms with Crippen molar-refractivity contribution in [2.75, 3.05) is 5.75 Å². The van der Waals surface area contributed by atoms with E-state index in [1.807, 2.05) is 47.0 Å². The number of nitrogens with zero attached hydrogens (tertiary/aromatic N) is 3. The van der Waals surface area contributed by atoms with E-state index in [9.17, 15) is 4.79 Å². The third-order valence-corrected chi connectivity index (χ3v) is 3.90. The number of aromatic nitrogens is 3. The lowest BCUT2D eigenvalue weighted by molar-refractivity contribution is 0.102. The monoisotopic (exact) mass is 299 g/mol. The number of hydrogen-bond acceptors (Lipinski definition) is 5. The number of hydrogen-bond donors (Lipinski definition) is 0. The van der Waals surface area contributed by atoms with Crippen LogP contribution in [-0.2, 0) is 6.54 Å². The van der Waals surface area contributed by atoms with E-state index in [0.717, 1.165) is 5.76 Å². The molecular formula is C15H13N3O2S. The normalized spacial score (nSPS) is 10.7. The summed E-state index contributed by atoms with van der Waals surface area (Å²) >= 11 is 1.38. The number of Topliss-reactive ketones (excluding diaryl/α,β-unsaturated/α-hetero) is 1. The van der Waals surface area contributed by atoms with E-state index in [1.165, 1.54) is 11.8 Å². The predicted octanol–water partition coefficient (Wildman–Crippen LogP) is 2.89. The fourth-order valence-corrected chi connectivity index (χ4v) is 2.68. The molecule has 0 spiro atoms. The summed E-state index contributed by atoms with van der Waals surface area (Å²) in [5.41, 5.74) is 0.710. The van der Waals surface area contributed by atoms with Crippen molar-refractivity contribution >= 4 is 17.5 Å². The molecule has 0 aliphatic carbocycles. The van der Waals surface area contributed by atoms with Crippen molar-refractivity contribution in [1.82, 2.24) is 14.8 Å². The summed E-state index contributed by atoms with van der Waals surface area (Å²) < 4.78 is 7.17. The lowest BCUT2D eigenvalue weighted by Crippen LogP contribution is -2.05. The van der Waals surface area contributed by atoms with Crippen LogP contribution in [0.15, 0.2) is 64.6 Å². The van der Waals surface area contributed by atoms with Crippen LogP contribution in [0.1, 0.15) is 16.1 Å². The summed E-state index contributed by atoms with van der Waals surface area (Å²) in [7, 11) is 0. The fourth-order valence-electron chi connectivity index (χ4n) is 1.87. The molecule has 0 saturated carbocycles. The molecule has 21 heavy (non-hydrogen) atoms. The molecule has 5 nitrogen and oxygen atoms in total. The van der Waals surface area contributed by atoms with E-state index < -0.39 is 0 Å². The second kappa shape index (κ2) is 6.41. The van der Waals surface area contributed by atoms with Gasteiger partial charge >= 0.3 is 0 Å². The number of thioether (sulfide) groups is 1. The molecule has 0 aliphatic rings. The van der Waals surface area contributed by atoms with Crippen molar-refractivity contribution in [3.63, 3.8) is 0 Å². The van der Waals surface area contributed by atoms with Gasteiger partial charge in [0.2, 0.25) is 0 Å². The molecule has 3 aromatic rings. The van der Waals surface area contributed by atoms with Gasteiger partial charge in [-0.05, 0) is 12.1 Å². The lowest BCUT2D eigenvalue weighted by atomic mass is 10.2. The maximum absolute atomic E-state index is 12.1. The second-order valence-corrected chi connectivity index (χ2v) is 5.34. The highest BCUT2D eigenvalue weighted by Gasteiger charge is 2.11. The van der Waals surface area contributed by atoms with Crippen molar-refractivity contribution in [3.8, 4) is 0 Å². The standard InChI is InChI=1S/C15H13N3O2S/c19-14(12-5-2-1-3-6-12)10-21-15-17-16-11-18(15)9-13-7-4-8-20-13/h1-8,11H,9-10H2. The van der Waals surface area contributed by atoms with Crippen molar-refractivity contribution in [1.29, 1.82) is 0 Å². The van der Waals surface area contributed by atoms with Crippen LogP contribution in [0.4, 0.5) is 0 Å². The van der Waals surface area contributed by atoms with Gasteiger partial charge in [-0.15, -0.1) is 10.2 Å². The Labute approximate surface area is 126 Å². The van der Waals surface area contributed by atoms with Gasteiger partial charge in [0.1, 0.15) is 12.1 Å². The van der Waals surface area contributed by atoms with Gasteiger partial charge in [0, 0.05) is 5.56 Å². The first kappa shape index (κ1) is 13.6. The molecule has 106 valence electrons. The van der Waals surface area contributed by atoms with Crippen LogP contribution in [0.25, 0.3) is 0 Å². The molecule has 0 fully saturated rings. The molecule has 6 heteroatoms. The Morgan fingerprint density at radius 3 is 2.81 bits per heavy atom. The highest BCUT2D eigenvalue weighted by molar-refractivity contribution is 7.99. The van der Waals surface area contributed by atoms with Gasteiger partial charge in [-0.1, -0.05) is 42.1 Å². The Morgan fingerprint density at radius 2 is 2.05 bits per heavy atom. The zero-order valence-electron chi connectivity index (χ0n) is 11.2. The number of ketones is 1. The van der Waals surface area contributed by atoms with Gasteiger partial charge in [0.05, 0.1) is 18.6 Å².